The molecule has 0 unspecified atom stereocenters. The van der Waals surface area contributed by atoms with E-state index < -0.39 is 17.1 Å². The molecule has 2 aromatic heterocycles. The minimum Gasteiger partial charge on any atom is -0.369 e. The number of aromatic nitrogens is 3. The molecule has 7 nitrogen and oxygen atoms in total. The van der Waals surface area contributed by atoms with Crippen molar-refractivity contribution in [3.05, 3.63) is 76.0 Å². The summed E-state index contributed by atoms with van der Waals surface area (Å²) in [5, 5.41) is 2.92. The lowest BCUT2D eigenvalue weighted by Gasteiger charge is -2.36. The number of fused-ring (bicyclic) bond motifs is 3. The summed E-state index contributed by atoms with van der Waals surface area (Å²) in [4.78, 5) is 25.3. The number of hydrogen-bond acceptors (Lipinski definition) is 6. The third kappa shape index (κ3) is 4.94. The van der Waals surface area contributed by atoms with Crippen molar-refractivity contribution in [3.63, 3.8) is 0 Å². The summed E-state index contributed by atoms with van der Waals surface area (Å²) >= 11 is 0. The summed E-state index contributed by atoms with van der Waals surface area (Å²) in [5.41, 5.74) is 1.50. The van der Waals surface area contributed by atoms with Crippen LogP contribution in [0.3, 0.4) is 0 Å². The molecule has 41 heavy (non-hydrogen) atoms. The summed E-state index contributed by atoms with van der Waals surface area (Å²) < 4.78 is 47.5. The Morgan fingerprint density at radius 3 is 2.46 bits per heavy atom. The molecule has 1 fully saturated rings. The predicted molar refractivity (Wildman–Crippen MR) is 155 cm³/mol. The second-order valence-electron chi connectivity index (χ2n) is 11.9. The van der Waals surface area contributed by atoms with E-state index in [4.69, 9.17) is 0 Å². The van der Waals surface area contributed by atoms with Crippen LogP contribution in [0.1, 0.15) is 38.8 Å². The summed E-state index contributed by atoms with van der Waals surface area (Å²) in [7, 11) is 4.13. The average molecular weight is 563 g/mol. The Bertz CT molecular complexity index is 1710. The molecule has 0 bridgehead atoms. The molecule has 0 saturated carbocycles. The van der Waals surface area contributed by atoms with Crippen LogP contribution >= 0.6 is 0 Å². The maximum Gasteiger partial charge on any atom is 0.227 e. The molecule has 0 radical (unpaired) electrons. The summed E-state index contributed by atoms with van der Waals surface area (Å²) in [5.74, 6) is -1.81. The van der Waals surface area contributed by atoms with Crippen LogP contribution in [0.5, 0.6) is 0 Å². The zero-order valence-electron chi connectivity index (χ0n) is 23.6. The molecule has 1 saturated heterocycles. The van der Waals surface area contributed by atoms with Gasteiger partial charge in [-0.2, -0.15) is 0 Å². The van der Waals surface area contributed by atoms with Crippen molar-refractivity contribution >= 4 is 28.2 Å². The Balaban J connectivity index is 1.31. The molecule has 2 aromatic carbocycles. The molecule has 10 heteroatoms. The normalized spacial score (nSPS) is 16.9. The quantitative estimate of drug-likeness (QED) is 0.330. The summed E-state index contributed by atoms with van der Waals surface area (Å²) in [6.07, 6.45) is 4.42. The number of piperidine rings is 1. The molecule has 0 amide bonds. The van der Waals surface area contributed by atoms with Gasteiger partial charge < -0.3 is 19.7 Å². The number of benzene rings is 2. The molecule has 214 valence electrons. The first-order valence-electron chi connectivity index (χ1n) is 13.9. The second-order valence-corrected chi connectivity index (χ2v) is 11.9. The molecular weight excluding hydrogens is 529 g/mol. The number of rotatable bonds is 5. The van der Waals surface area contributed by atoms with Gasteiger partial charge in [0.2, 0.25) is 5.95 Å². The maximum atomic E-state index is 15.3. The van der Waals surface area contributed by atoms with E-state index >= 15 is 13.2 Å². The zero-order valence-corrected chi connectivity index (χ0v) is 23.6. The van der Waals surface area contributed by atoms with Crippen LogP contribution in [0.15, 0.2) is 47.4 Å². The fourth-order valence-corrected chi connectivity index (χ4v) is 6.26. The molecule has 6 rings (SSSR count). The van der Waals surface area contributed by atoms with Crippen molar-refractivity contribution in [3.8, 4) is 11.3 Å². The molecule has 2 aliphatic heterocycles. The zero-order chi connectivity index (χ0) is 29.1. The van der Waals surface area contributed by atoms with Crippen molar-refractivity contribution in [1.82, 2.24) is 19.4 Å². The Morgan fingerprint density at radius 1 is 1.00 bits per heavy atom. The van der Waals surface area contributed by atoms with Crippen molar-refractivity contribution < 1.29 is 13.2 Å². The highest BCUT2D eigenvalue weighted by molar-refractivity contribution is 5.85. The van der Waals surface area contributed by atoms with Crippen LogP contribution in [-0.2, 0) is 12.0 Å². The standard InChI is InChI=1S/C31H33F3N6O/c1-31(2)10-7-21-16-27(41)28-23(33)13-18(14-26(28)40(21)31)29-24(34)17-35-30(37-29)36-19-5-6-25(22(32)15-19)39-11-8-20(9-12-39)38(3)4/h5-6,13-17,20H,7-12H2,1-4H3,(H,35,36,37). The SMILES string of the molecule is CN(C)C1CCN(c2ccc(Nc3ncc(F)c(-c4cc(F)c5c(=O)cc6n(c5c4)C(C)(C)CC6)n3)cc2F)CC1. The van der Waals surface area contributed by atoms with Crippen LogP contribution in [0.25, 0.3) is 22.2 Å². The summed E-state index contributed by atoms with van der Waals surface area (Å²) in [6.45, 7) is 5.60. The number of aryl methyl sites for hydroxylation is 1. The number of nitrogens with one attached hydrogen (secondary N) is 1. The monoisotopic (exact) mass is 562 g/mol. The van der Waals surface area contributed by atoms with Gasteiger partial charge in [-0.25, -0.2) is 23.1 Å². The van der Waals surface area contributed by atoms with E-state index in [1.54, 1.807) is 18.2 Å². The highest BCUT2D eigenvalue weighted by atomic mass is 19.1. The first kappa shape index (κ1) is 27.3. The van der Waals surface area contributed by atoms with Crippen LogP contribution in [0.4, 0.5) is 30.5 Å². The van der Waals surface area contributed by atoms with E-state index in [9.17, 15) is 4.79 Å². The Labute approximate surface area is 236 Å². The molecule has 2 aliphatic rings. The Hall–Kier alpha value is -3.92. The molecule has 0 spiro atoms. The third-order valence-corrected chi connectivity index (χ3v) is 8.50. The van der Waals surface area contributed by atoms with E-state index in [0.717, 1.165) is 50.3 Å². The van der Waals surface area contributed by atoms with Crippen molar-refractivity contribution in [2.24, 2.45) is 0 Å². The van der Waals surface area contributed by atoms with E-state index in [1.807, 2.05) is 23.3 Å². The van der Waals surface area contributed by atoms with Crippen molar-refractivity contribution in [1.29, 1.82) is 0 Å². The van der Waals surface area contributed by atoms with Gasteiger partial charge in [-0.05, 0) is 84.0 Å². The lowest BCUT2D eigenvalue weighted by Crippen LogP contribution is -2.42. The van der Waals surface area contributed by atoms with Gasteiger partial charge in [-0.15, -0.1) is 0 Å². The van der Waals surface area contributed by atoms with Gasteiger partial charge in [-0.1, -0.05) is 0 Å². The predicted octanol–water partition coefficient (Wildman–Crippen LogP) is 5.83. The molecule has 0 atom stereocenters. The minimum atomic E-state index is -0.740. The molecule has 1 N–H and O–H groups in total. The van der Waals surface area contributed by atoms with Crippen molar-refractivity contribution in [2.45, 2.75) is 51.1 Å². The van der Waals surface area contributed by atoms with Gasteiger partial charge in [0.15, 0.2) is 11.2 Å². The fraction of sp³-hybridized carbons (Fsp3) is 0.387. The Morgan fingerprint density at radius 2 is 1.76 bits per heavy atom. The van der Waals surface area contributed by atoms with Crippen LogP contribution < -0.4 is 15.6 Å². The second kappa shape index (κ2) is 10.2. The van der Waals surface area contributed by atoms with Gasteiger partial charge in [0.05, 0.1) is 22.8 Å². The number of hydrogen-bond donors (Lipinski definition) is 1. The van der Waals surface area contributed by atoms with Gasteiger partial charge in [0.1, 0.15) is 17.3 Å². The molecular formula is C31H33F3N6O. The molecule has 0 aliphatic carbocycles. The molecule has 4 aromatic rings. The van der Waals surface area contributed by atoms with Crippen molar-refractivity contribution in [2.75, 3.05) is 37.4 Å². The highest BCUT2D eigenvalue weighted by Gasteiger charge is 2.31. The first-order valence-corrected chi connectivity index (χ1v) is 13.9. The minimum absolute atomic E-state index is 0.0261. The van der Waals surface area contributed by atoms with Crippen LogP contribution in [0.2, 0.25) is 0 Å². The fourth-order valence-electron chi connectivity index (χ4n) is 6.26. The number of anilines is 3. The Kier molecular flexibility index (Phi) is 6.76. The van der Waals surface area contributed by atoms with Crippen LogP contribution in [0, 0.1) is 17.5 Å². The van der Waals surface area contributed by atoms with Gasteiger partial charge in [0, 0.05) is 47.7 Å². The van der Waals surface area contributed by atoms with Gasteiger partial charge >= 0.3 is 0 Å². The lowest BCUT2D eigenvalue weighted by atomic mass is 10.0. The van der Waals surface area contributed by atoms with Crippen LogP contribution in [-0.4, -0.2) is 52.7 Å². The van der Waals surface area contributed by atoms with E-state index in [0.29, 0.717) is 29.4 Å². The summed E-state index contributed by atoms with van der Waals surface area (Å²) in [6, 6.07) is 9.54. The van der Waals surface area contributed by atoms with E-state index in [2.05, 4.69) is 34.3 Å². The smallest absolute Gasteiger partial charge is 0.227 e. The maximum absolute atomic E-state index is 15.3. The van der Waals surface area contributed by atoms with Gasteiger partial charge in [-0.3, -0.25) is 4.79 Å². The number of pyridine rings is 1. The highest BCUT2D eigenvalue weighted by Crippen LogP contribution is 2.36. The average Bonchev–Trinajstić information content (AvgIpc) is 3.23. The first-order chi connectivity index (χ1) is 19.5. The topological polar surface area (TPSA) is 66.3 Å². The number of nitrogens with zero attached hydrogens (tertiary/aromatic N) is 5. The lowest BCUT2D eigenvalue weighted by molar-refractivity contribution is 0.249. The number of halogens is 3. The van der Waals surface area contributed by atoms with Gasteiger partial charge in [0.25, 0.3) is 0 Å². The van der Waals surface area contributed by atoms with E-state index in [1.165, 1.54) is 12.1 Å². The largest absolute Gasteiger partial charge is 0.369 e. The molecule has 4 heterocycles. The van der Waals surface area contributed by atoms with E-state index in [-0.39, 0.29) is 33.9 Å². The third-order valence-electron chi connectivity index (χ3n) is 8.50.